The van der Waals surface area contributed by atoms with Crippen LogP contribution >= 0.6 is 34.8 Å². The molecule has 0 saturated carbocycles. The molecule has 1 aliphatic rings. The van der Waals surface area contributed by atoms with Gasteiger partial charge < -0.3 is 15.0 Å². The lowest BCUT2D eigenvalue weighted by molar-refractivity contribution is -0.119. The van der Waals surface area contributed by atoms with Crippen molar-refractivity contribution in [3.8, 4) is 5.75 Å². The number of carbonyl (C=O) groups excluding carboxylic acids is 2. The molecular weight excluding hydrogens is 411 g/mol. The van der Waals surface area contributed by atoms with Gasteiger partial charge in [0.05, 0.1) is 22.7 Å². The lowest BCUT2D eigenvalue weighted by atomic mass is 10.1. The number of likely N-dealkylation sites (tertiary alicyclic amines) is 1. The fourth-order valence-electron chi connectivity index (χ4n) is 3.07. The maximum atomic E-state index is 12.9. The molecule has 8 heteroatoms. The van der Waals surface area contributed by atoms with Gasteiger partial charge in [-0.25, -0.2) is 0 Å². The Kier molecular flexibility index (Phi) is 6.15. The largest absolute Gasteiger partial charge is 0.495 e. The Morgan fingerprint density at radius 1 is 1.11 bits per heavy atom. The first kappa shape index (κ1) is 19.8. The van der Waals surface area contributed by atoms with Crippen LogP contribution in [0, 0.1) is 0 Å². The van der Waals surface area contributed by atoms with Crippen LogP contribution in [0.4, 0.5) is 5.69 Å². The van der Waals surface area contributed by atoms with E-state index in [0.29, 0.717) is 39.5 Å². The lowest BCUT2D eigenvalue weighted by Crippen LogP contribution is -2.43. The summed E-state index contributed by atoms with van der Waals surface area (Å²) in [6, 6.07) is 9.08. The number of hydrogen-bond donors (Lipinski definition) is 1. The fourth-order valence-corrected chi connectivity index (χ4v) is 3.70. The third-order valence-corrected chi connectivity index (χ3v) is 5.25. The molecule has 27 heavy (non-hydrogen) atoms. The Hall–Kier alpha value is -1.95. The molecular formula is C19H17Cl3N2O3. The quantitative estimate of drug-likeness (QED) is 0.755. The number of methoxy groups -OCH3 is 1. The van der Waals surface area contributed by atoms with Crippen LogP contribution in [0.15, 0.2) is 36.4 Å². The van der Waals surface area contributed by atoms with E-state index >= 15 is 0 Å². The van der Waals surface area contributed by atoms with Gasteiger partial charge in [-0.2, -0.15) is 0 Å². The average molecular weight is 428 g/mol. The molecule has 0 aromatic heterocycles. The van der Waals surface area contributed by atoms with Crippen LogP contribution in [0.5, 0.6) is 5.75 Å². The van der Waals surface area contributed by atoms with Gasteiger partial charge in [0.25, 0.3) is 5.91 Å². The molecule has 1 aliphatic heterocycles. The minimum atomic E-state index is -0.589. The van der Waals surface area contributed by atoms with Crippen molar-refractivity contribution in [2.75, 3.05) is 19.0 Å². The molecule has 1 saturated heterocycles. The maximum Gasteiger partial charge on any atom is 0.256 e. The molecule has 1 N–H and O–H groups in total. The second-order valence-electron chi connectivity index (χ2n) is 6.12. The predicted molar refractivity (Wildman–Crippen MR) is 107 cm³/mol. The van der Waals surface area contributed by atoms with E-state index in [2.05, 4.69) is 5.32 Å². The minimum Gasteiger partial charge on any atom is -0.495 e. The summed E-state index contributed by atoms with van der Waals surface area (Å²) in [5.41, 5.74) is 0.822. The molecule has 1 atom stereocenters. The van der Waals surface area contributed by atoms with E-state index in [9.17, 15) is 9.59 Å². The highest BCUT2D eigenvalue weighted by Gasteiger charge is 2.35. The molecule has 1 heterocycles. The van der Waals surface area contributed by atoms with Gasteiger partial charge in [0, 0.05) is 17.3 Å². The molecule has 5 nitrogen and oxygen atoms in total. The molecule has 3 rings (SSSR count). The molecule has 0 radical (unpaired) electrons. The highest BCUT2D eigenvalue weighted by atomic mass is 35.5. The summed E-state index contributed by atoms with van der Waals surface area (Å²) in [7, 11) is 1.52. The summed E-state index contributed by atoms with van der Waals surface area (Å²) < 4.78 is 5.10. The Balaban J connectivity index is 1.77. The summed E-state index contributed by atoms with van der Waals surface area (Å²) in [5, 5.41) is 3.91. The van der Waals surface area contributed by atoms with Crippen molar-refractivity contribution in [3.05, 3.63) is 57.0 Å². The average Bonchev–Trinajstić information content (AvgIpc) is 3.13. The Morgan fingerprint density at radius 3 is 2.59 bits per heavy atom. The number of rotatable bonds is 4. The zero-order valence-electron chi connectivity index (χ0n) is 14.5. The van der Waals surface area contributed by atoms with Crippen LogP contribution in [-0.4, -0.2) is 36.4 Å². The lowest BCUT2D eigenvalue weighted by Gasteiger charge is -2.24. The normalized spacial score (nSPS) is 16.3. The summed E-state index contributed by atoms with van der Waals surface area (Å²) in [4.78, 5) is 27.2. The van der Waals surface area contributed by atoms with Gasteiger partial charge in [0.2, 0.25) is 5.91 Å². The number of nitrogens with zero attached hydrogens (tertiary/aromatic N) is 1. The Bertz CT molecular complexity index is 888. The maximum absolute atomic E-state index is 12.9. The van der Waals surface area contributed by atoms with Crippen molar-refractivity contribution in [3.63, 3.8) is 0 Å². The molecule has 0 aliphatic carbocycles. The van der Waals surface area contributed by atoms with Crippen LogP contribution in [0.2, 0.25) is 15.1 Å². The van der Waals surface area contributed by atoms with Crippen molar-refractivity contribution in [1.29, 1.82) is 0 Å². The van der Waals surface area contributed by atoms with Gasteiger partial charge in [-0.1, -0.05) is 34.8 Å². The second-order valence-corrected chi connectivity index (χ2v) is 7.37. The van der Waals surface area contributed by atoms with E-state index in [-0.39, 0.29) is 17.4 Å². The molecule has 0 spiro atoms. The van der Waals surface area contributed by atoms with Gasteiger partial charge in [0.15, 0.2) is 0 Å². The smallest absolute Gasteiger partial charge is 0.256 e. The third kappa shape index (κ3) is 4.32. The number of benzene rings is 2. The first-order valence-corrected chi connectivity index (χ1v) is 9.44. The van der Waals surface area contributed by atoms with E-state index in [1.807, 2.05) is 0 Å². The van der Waals surface area contributed by atoms with Crippen LogP contribution in [-0.2, 0) is 4.79 Å². The molecule has 1 fully saturated rings. The first-order chi connectivity index (χ1) is 12.9. The summed E-state index contributed by atoms with van der Waals surface area (Å²) in [6.07, 6.45) is 1.30. The van der Waals surface area contributed by atoms with Crippen molar-refractivity contribution < 1.29 is 14.3 Å². The van der Waals surface area contributed by atoms with Crippen molar-refractivity contribution in [2.24, 2.45) is 0 Å². The van der Waals surface area contributed by atoms with Crippen LogP contribution in [0.25, 0.3) is 0 Å². The zero-order valence-corrected chi connectivity index (χ0v) is 16.7. The fraction of sp³-hybridized carbons (Fsp3) is 0.263. The number of nitrogens with one attached hydrogen (secondary N) is 1. The summed E-state index contributed by atoms with van der Waals surface area (Å²) in [6.45, 7) is 0.475. The third-order valence-electron chi connectivity index (χ3n) is 4.39. The topological polar surface area (TPSA) is 58.6 Å². The number of ether oxygens (including phenoxy) is 1. The molecule has 142 valence electrons. The van der Waals surface area contributed by atoms with Crippen LogP contribution in [0.3, 0.4) is 0 Å². The standard InChI is InChI=1S/C19H17Cl3N2O3/c1-27-17-7-5-12(10-15(17)22)23-18(25)16-3-2-8-24(16)19(26)13-9-11(20)4-6-14(13)21/h4-7,9-10,16H,2-3,8H2,1H3,(H,23,25). The van der Waals surface area contributed by atoms with Gasteiger partial charge in [-0.3, -0.25) is 9.59 Å². The van der Waals surface area contributed by atoms with Crippen LogP contribution in [0.1, 0.15) is 23.2 Å². The molecule has 2 amide bonds. The van der Waals surface area contributed by atoms with Crippen molar-refractivity contribution in [1.82, 2.24) is 4.90 Å². The van der Waals surface area contributed by atoms with Gasteiger partial charge in [-0.05, 0) is 49.2 Å². The molecule has 1 unspecified atom stereocenters. The zero-order chi connectivity index (χ0) is 19.6. The van der Waals surface area contributed by atoms with Gasteiger partial charge >= 0.3 is 0 Å². The summed E-state index contributed by atoms with van der Waals surface area (Å²) >= 11 is 18.2. The van der Waals surface area contributed by atoms with Crippen molar-refractivity contribution >= 4 is 52.3 Å². The summed E-state index contributed by atoms with van der Waals surface area (Å²) in [5.74, 6) is -0.0731. The highest BCUT2D eigenvalue weighted by Crippen LogP contribution is 2.29. The van der Waals surface area contributed by atoms with E-state index in [0.717, 1.165) is 6.42 Å². The molecule has 0 bridgehead atoms. The predicted octanol–water partition coefficient (Wildman–Crippen LogP) is 4.90. The number of anilines is 1. The van der Waals surface area contributed by atoms with E-state index in [1.165, 1.54) is 18.1 Å². The van der Waals surface area contributed by atoms with Gasteiger partial charge in [0.1, 0.15) is 11.8 Å². The molecule has 2 aromatic rings. The van der Waals surface area contributed by atoms with E-state index in [4.69, 9.17) is 39.5 Å². The SMILES string of the molecule is COc1ccc(NC(=O)C2CCCN2C(=O)c2cc(Cl)ccc2Cl)cc1Cl. The van der Waals surface area contributed by atoms with E-state index < -0.39 is 6.04 Å². The second kappa shape index (κ2) is 8.38. The first-order valence-electron chi connectivity index (χ1n) is 8.31. The molecule has 2 aromatic carbocycles. The Morgan fingerprint density at radius 2 is 1.89 bits per heavy atom. The van der Waals surface area contributed by atoms with Crippen LogP contribution < -0.4 is 10.1 Å². The number of amides is 2. The monoisotopic (exact) mass is 426 g/mol. The number of carbonyl (C=O) groups is 2. The highest BCUT2D eigenvalue weighted by molar-refractivity contribution is 6.35. The Labute approximate surface area is 172 Å². The number of hydrogen-bond acceptors (Lipinski definition) is 3. The number of halogens is 3. The van der Waals surface area contributed by atoms with E-state index in [1.54, 1.807) is 30.3 Å². The van der Waals surface area contributed by atoms with Gasteiger partial charge in [-0.15, -0.1) is 0 Å². The minimum absolute atomic E-state index is 0.278. The van der Waals surface area contributed by atoms with Crippen molar-refractivity contribution in [2.45, 2.75) is 18.9 Å².